The third-order valence-corrected chi connectivity index (χ3v) is 16.5. The second kappa shape index (κ2) is 10.5. The van der Waals surface area contributed by atoms with Crippen molar-refractivity contribution in [3.05, 3.63) is 23.7 Å². The highest BCUT2D eigenvalue weighted by Gasteiger charge is 2.62. The summed E-state index contributed by atoms with van der Waals surface area (Å²) in [5.41, 5.74) is 13.3. The Kier molecular flexibility index (Phi) is 7.47. The van der Waals surface area contributed by atoms with E-state index in [9.17, 15) is 15.3 Å². The van der Waals surface area contributed by atoms with Crippen molar-refractivity contribution in [1.82, 2.24) is 0 Å². The van der Waals surface area contributed by atoms with Crippen LogP contribution in [0.15, 0.2) is 23.7 Å². The molecule has 0 unspecified atom stereocenters. The first-order chi connectivity index (χ1) is 20.3. The number of hydrogen-bond acceptors (Lipinski definition) is 5. The Morgan fingerprint density at radius 3 is 1.79 bits per heavy atom. The van der Waals surface area contributed by atoms with Crippen LogP contribution in [0.2, 0.25) is 0 Å². The monoisotopic (exact) mass is 594 g/mol. The molecule has 0 saturated heterocycles. The van der Waals surface area contributed by atoms with Gasteiger partial charge in [-0.15, -0.1) is 0 Å². The van der Waals surface area contributed by atoms with Crippen LogP contribution in [0.1, 0.15) is 124 Å². The Labute approximate surface area is 261 Å². The molecular weight excluding hydrogens is 532 g/mol. The van der Waals surface area contributed by atoms with Crippen molar-refractivity contribution in [2.75, 3.05) is 0 Å². The maximum Gasteiger partial charge on any atom is 0.0944 e. The molecule has 5 nitrogen and oxygen atoms in total. The van der Waals surface area contributed by atoms with Crippen LogP contribution in [-0.2, 0) is 0 Å². The van der Waals surface area contributed by atoms with Crippen molar-refractivity contribution in [3.8, 4) is 0 Å². The molecule has 6 saturated carbocycles. The fourth-order valence-electron chi connectivity index (χ4n) is 13.6. The molecule has 0 aromatic carbocycles. The van der Waals surface area contributed by atoms with E-state index in [-0.39, 0.29) is 16.9 Å². The topological polar surface area (TPSA) is 113 Å². The molecule has 242 valence electrons. The number of hydrogen-bond donors (Lipinski definition) is 5. The second-order valence-electron chi connectivity index (χ2n) is 18.1. The minimum Gasteiger partial charge on any atom is -0.512 e. The molecule has 0 radical (unpaired) electrons. The number of rotatable bonds is 0. The van der Waals surface area contributed by atoms with Gasteiger partial charge in [0.1, 0.15) is 0 Å². The van der Waals surface area contributed by atoms with E-state index in [1.165, 1.54) is 51.4 Å². The van der Waals surface area contributed by atoms with Crippen LogP contribution in [0.4, 0.5) is 0 Å². The maximum atomic E-state index is 10.9. The first-order valence-electron chi connectivity index (χ1n) is 18.3. The zero-order chi connectivity index (χ0) is 30.5. The third kappa shape index (κ3) is 4.47. The summed E-state index contributed by atoms with van der Waals surface area (Å²) in [4.78, 5) is 0. The van der Waals surface area contributed by atoms with Gasteiger partial charge in [-0.2, -0.15) is 0 Å². The minimum atomic E-state index is -0.211. The van der Waals surface area contributed by atoms with E-state index in [1.54, 1.807) is 0 Å². The van der Waals surface area contributed by atoms with Gasteiger partial charge in [-0.25, -0.2) is 0 Å². The summed E-state index contributed by atoms with van der Waals surface area (Å²) >= 11 is 0. The van der Waals surface area contributed by atoms with Crippen LogP contribution in [0.5, 0.6) is 0 Å². The van der Waals surface area contributed by atoms with Crippen LogP contribution < -0.4 is 11.5 Å². The fourth-order valence-corrected chi connectivity index (χ4v) is 13.6. The SMILES string of the molecule is C[C@]12CC[C@H](N)C[C@@H]1CC[C@@H]1[C@@H]2CC[C@]2(C)C(O)=CC[C@@H]12.C[C@]12CC[C@H](N)C[C@@H]1C[C@H](O)[C@@H]1[C@@H]2CC[C@]2(C)C(O)=CC[C@@H]12. The van der Waals surface area contributed by atoms with Crippen molar-refractivity contribution in [3.63, 3.8) is 0 Å². The molecule has 7 N–H and O–H groups in total. The highest BCUT2D eigenvalue weighted by Crippen LogP contribution is 2.67. The molecule has 5 heteroatoms. The maximum absolute atomic E-state index is 10.9. The summed E-state index contributed by atoms with van der Waals surface area (Å²) in [6.45, 7) is 9.58. The zero-order valence-electron chi connectivity index (χ0n) is 27.6. The van der Waals surface area contributed by atoms with Gasteiger partial charge in [0.2, 0.25) is 0 Å². The molecule has 0 aliphatic heterocycles. The summed E-state index contributed by atoms with van der Waals surface area (Å²) in [5, 5.41) is 31.7. The highest BCUT2D eigenvalue weighted by atomic mass is 16.3. The lowest BCUT2D eigenvalue weighted by molar-refractivity contribution is -0.159. The molecule has 0 heterocycles. The minimum absolute atomic E-state index is 0.0869. The summed E-state index contributed by atoms with van der Waals surface area (Å²) in [6, 6.07) is 0.776. The molecule has 0 amide bonds. The van der Waals surface area contributed by atoms with Crippen molar-refractivity contribution < 1.29 is 15.3 Å². The van der Waals surface area contributed by atoms with E-state index < -0.39 is 0 Å². The summed E-state index contributed by atoms with van der Waals surface area (Å²) < 4.78 is 0. The molecule has 0 spiro atoms. The predicted molar refractivity (Wildman–Crippen MR) is 173 cm³/mol. The Morgan fingerprint density at radius 2 is 1.14 bits per heavy atom. The normalized spacial score (nSPS) is 56.9. The van der Waals surface area contributed by atoms with E-state index in [2.05, 4.69) is 33.8 Å². The van der Waals surface area contributed by atoms with E-state index in [0.717, 1.165) is 62.7 Å². The predicted octanol–water partition coefficient (Wildman–Crippen LogP) is 7.79. The number of aliphatic hydroxyl groups excluding tert-OH is 3. The molecule has 15 atom stereocenters. The number of allylic oxidation sites excluding steroid dienone is 4. The Balaban J connectivity index is 0.000000140. The molecule has 8 rings (SSSR count). The summed E-state index contributed by atoms with van der Waals surface area (Å²) in [6.07, 6.45) is 21.6. The molecule has 8 aliphatic rings. The van der Waals surface area contributed by atoms with Crippen molar-refractivity contribution in [2.45, 2.75) is 142 Å². The average Bonchev–Trinajstić information content (AvgIpc) is 3.45. The number of fused-ring (bicyclic) bond motifs is 10. The lowest BCUT2D eigenvalue weighted by Crippen LogP contribution is -2.58. The largest absolute Gasteiger partial charge is 0.512 e. The Bertz CT molecular complexity index is 1150. The standard InChI is InChI=1S/C19H31NO2.C19H31NO/c1-18-7-5-12(20)9-11(18)10-15(21)17-13-3-4-16(22)19(13,2)8-6-14(17)18;1-18-9-7-13(20)11-12(18)3-4-14-15-5-6-17(21)19(15,2)10-8-16(14)18/h4,11-15,17,21-22H,3,5-10,20H2,1-2H3;6,12-16,21H,3-5,7-11,20H2,1-2H3/t11-,12+,13+,14+,15+,17+,18+,19+;12-,13-,14-,15-,16-,18-,19-/m10/s1. The Hall–Kier alpha value is -1.04. The first-order valence-corrected chi connectivity index (χ1v) is 18.3. The van der Waals surface area contributed by atoms with E-state index in [4.69, 9.17) is 11.5 Å². The highest BCUT2D eigenvalue weighted by molar-refractivity contribution is 5.22. The summed E-state index contributed by atoms with van der Waals surface area (Å²) in [7, 11) is 0. The van der Waals surface area contributed by atoms with Gasteiger partial charge in [-0.3, -0.25) is 0 Å². The molecule has 0 aromatic rings. The number of nitrogens with two attached hydrogens (primary N) is 2. The smallest absolute Gasteiger partial charge is 0.0944 e. The van der Waals surface area contributed by atoms with Gasteiger partial charge < -0.3 is 26.8 Å². The molecule has 43 heavy (non-hydrogen) atoms. The quantitative estimate of drug-likeness (QED) is 0.197. The van der Waals surface area contributed by atoms with Gasteiger partial charge in [-0.05, 0) is 167 Å². The lowest BCUT2D eigenvalue weighted by atomic mass is 9.44. The van der Waals surface area contributed by atoms with Gasteiger partial charge in [0.05, 0.1) is 17.6 Å². The van der Waals surface area contributed by atoms with Gasteiger partial charge >= 0.3 is 0 Å². The van der Waals surface area contributed by atoms with Crippen molar-refractivity contribution in [2.24, 2.45) is 80.5 Å². The number of aliphatic hydroxyl groups is 3. The van der Waals surface area contributed by atoms with Crippen molar-refractivity contribution >= 4 is 0 Å². The van der Waals surface area contributed by atoms with Crippen LogP contribution >= 0.6 is 0 Å². The van der Waals surface area contributed by atoms with E-state index >= 15 is 0 Å². The van der Waals surface area contributed by atoms with Crippen LogP contribution in [-0.4, -0.2) is 33.5 Å². The third-order valence-electron chi connectivity index (χ3n) is 16.5. The zero-order valence-corrected chi connectivity index (χ0v) is 27.6. The van der Waals surface area contributed by atoms with Gasteiger partial charge in [0.25, 0.3) is 0 Å². The Morgan fingerprint density at radius 1 is 0.605 bits per heavy atom. The summed E-state index contributed by atoms with van der Waals surface area (Å²) in [5.74, 6) is 6.52. The van der Waals surface area contributed by atoms with Gasteiger partial charge in [0, 0.05) is 22.9 Å². The first kappa shape index (κ1) is 30.6. The van der Waals surface area contributed by atoms with Gasteiger partial charge in [0.15, 0.2) is 0 Å². The van der Waals surface area contributed by atoms with E-state index in [1.807, 2.05) is 6.08 Å². The van der Waals surface area contributed by atoms with Crippen LogP contribution in [0.3, 0.4) is 0 Å². The van der Waals surface area contributed by atoms with Crippen molar-refractivity contribution in [1.29, 1.82) is 0 Å². The molecule has 0 bridgehead atoms. The molecule has 6 fully saturated rings. The average molecular weight is 595 g/mol. The van der Waals surface area contributed by atoms with E-state index in [0.29, 0.717) is 64.0 Å². The second-order valence-corrected chi connectivity index (χ2v) is 18.1. The lowest BCUT2D eigenvalue weighted by Gasteiger charge is -2.61. The van der Waals surface area contributed by atoms with Gasteiger partial charge in [-0.1, -0.05) is 27.7 Å². The molecule has 0 aromatic heterocycles. The molecule has 8 aliphatic carbocycles. The van der Waals surface area contributed by atoms with Crippen LogP contribution in [0, 0.1) is 69.0 Å². The van der Waals surface area contributed by atoms with Crippen LogP contribution in [0.25, 0.3) is 0 Å². The fraction of sp³-hybridized carbons (Fsp3) is 0.895. The molecular formula is C38H62N2O3.